The Morgan fingerprint density at radius 3 is 2.05 bits per heavy atom. The molecule has 0 spiro atoms. The number of hydrogen-bond donors (Lipinski definition) is 6. The molecule has 0 aliphatic rings. The molecule has 0 fully saturated rings. The Morgan fingerprint density at radius 1 is 0.800 bits per heavy atom. The zero-order chi connectivity index (χ0) is 29.4. The van der Waals surface area contributed by atoms with E-state index in [1.54, 1.807) is 0 Å². The molecular formula is C28H24O12. The number of esters is 2. The Bertz CT molecular complexity index is 1490. The number of ether oxygens (including phenoxy) is 3. The Balaban J connectivity index is 1.76. The molecule has 40 heavy (non-hydrogen) atoms. The van der Waals surface area contributed by atoms with Crippen LogP contribution < -0.4 is 4.74 Å². The summed E-state index contributed by atoms with van der Waals surface area (Å²) in [4.78, 5) is 36.2. The van der Waals surface area contributed by atoms with Gasteiger partial charge in [-0.2, -0.15) is 0 Å². The average Bonchev–Trinajstić information content (AvgIpc) is 2.91. The highest BCUT2D eigenvalue weighted by Crippen LogP contribution is 2.31. The fourth-order valence-corrected chi connectivity index (χ4v) is 3.31. The van der Waals surface area contributed by atoms with Gasteiger partial charge in [0.1, 0.15) is 0 Å². The molecule has 3 rings (SSSR count). The lowest BCUT2D eigenvalue weighted by molar-refractivity contribution is -0.162. The van der Waals surface area contributed by atoms with Gasteiger partial charge in [0.2, 0.25) is 11.9 Å². The van der Waals surface area contributed by atoms with E-state index in [4.69, 9.17) is 9.47 Å². The number of hydrogen-bond acceptors (Lipinski definition) is 11. The van der Waals surface area contributed by atoms with Crippen LogP contribution in [0.15, 0.2) is 66.4 Å². The van der Waals surface area contributed by atoms with Gasteiger partial charge in [-0.3, -0.25) is 0 Å². The van der Waals surface area contributed by atoms with Crippen LogP contribution in [0.5, 0.6) is 34.5 Å². The molecule has 208 valence electrons. The molecule has 0 saturated heterocycles. The van der Waals surface area contributed by atoms with E-state index in [0.29, 0.717) is 5.56 Å². The number of benzene rings is 3. The fraction of sp³-hybridized carbons (Fsp3) is 0.107. The molecule has 6 N–H and O–H groups in total. The maximum atomic E-state index is 12.4. The van der Waals surface area contributed by atoms with E-state index in [-0.39, 0.29) is 29.0 Å². The van der Waals surface area contributed by atoms with Crippen molar-refractivity contribution in [1.29, 1.82) is 0 Å². The van der Waals surface area contributed by atoms with Crippen LogP contribution in [-0.2, 0) is 30.3 Å². The van der Waals surface area contributed by atoms with E-state index in [0.717, 1.165) is 31.4 Å². The smallest absolute Gasteiger partial charge is 0.371 e. The maximum Gasteiger partial charge on any atom is 0.371 e. The molecule has 0 aromatic heterocycles. The standard InChI is InChI=1S/C28H24O12/c1-38-28(37)25(14-17-4-7-19(30)22(33)11-17)40-26(34)9-5-15-2-8-20(31)23(12-15)39-24(27(35)36)13-16-3-6-18(29)21(32)10-16/h2-13,25,29-33H,14H2,1H3,(H,35,36)/t25-/m1/s1. The SMILES string of the molecule is COC(=O)[C@@H](Cc1ccc(O)c(O)c1)OC(=O)C=Cc1ccc(O)c(OC(=Cc2ccc(O)c(O)c2)C(=O)O)c1. The van der Waals surface area contributed by atoms with E-state index in [1.807, 2.05) is 0 Å². The van der Waals surface area contributed by atoms with Crippen LogP contribution in [0.2, 0.25) is 0 Å². The van der Waals surface area contributed by atoms with Crippen molar-refractivity contribution in [3.63, 3.8) is 0 Å². The lowest BCUT2D eigenvalue weighted by Gasteiger charge is -2.15. The first kappa shape index (κ1) is 28.9. The summed E-state index contributed by atoms with van der Waals surface area (Å²) in [6.45, 7) is 0. The van der Waals surface area contributed by atoms with Crippen LogP contribution in [0.4, 0.5) is 0 Å². The molecule has 1 atom stereocenters. The number of rotatable bonds is 10. The second-order valence-corrected chi connectivity index (χ2v) is 8.20. The number of carboxylic acids is 1. The summed E-state index contributed by atoms with van der Waals surface area (Å²) in [6, 6.07) is 11.3. The van der Waals surface area contributed by atoms with Crippen molar-refractivity contribution in [3.05, 3.63) is 83.1 Å². The number of carbonyl (C=O) groups excluding carboxylic acids is 2. The van der Waals surface area contributed by atoms with Crippen LogP contribution in [0.25, 0.3) is 12.2 Å². The minimum atomic E-state index is -1.49. The van der Waals surface area contributed by atoms with Crippen LogP contribution in [0.1, 0.15) is 16.7 Å². The maximum absolute atomic E-state index is 12.4. The van der Waals surface area contributed by atoms with Crippen molar-refractivity contribution in [2.75, 3.05) is 7.11 Å². The summed E-state index contributed by atoms with van der Waals surface area (Å²) in [5, 5.41) is 57.8. The van der Waals surface area contributed by atoms with Crippen molar-refractivity contribution in [3.8, 4) is 34.5 Å². The molecular weight excluding hydrogens is 528 g/mol. The van der Waals surface area contributed by atoms with Crippen molar-refractivity contribution in [1.82, 2.24) is 0 Å². The zero-order valence-corrected chi connectivity index (χ0v) is 20.8. The first-order chi connectivity index (χ1) is 19.0. The number of aromatic hydroxyl groups is 5. The van der Waals surface area contributed by atoms with Gasteiger partial charge in [0.05, 0.1) is 7.11 Å². The summed E-state index contributed by atoms with van der Waals surface area (Å²) >= 11 is 0. The van der Waals surface area contributed by atoms with Crippen LogP contribution in [-0.4, -0.2) is 61.8 Å². The predicted octanol–water partition coefficient (Wildman–Crippen LogP) is 3.06. The van der Waals surface area contributed by atoms with Gasteiger partial charge in [0.25, 0.3) is 0 Å². The highest BCUT2D eigenvalue weighted by atomic mass is 16.6. The molecule has 3 aromatic rings. The van der Waals surface area contributed by atoms with Gasteiger partial charge in [-0.1, -0.05) is 18.2 Å². The summed E-state index contributed by atoms with van der Waals surface area (Å²) in [5.74, 6) is -6.25. The molecule has 12 nitrogen and oxygen atoms in total. The summed E-state index contributed by atoms with van der Waals surface area (Å²) in [6.07, 6.45) is 1.78. The number of carboxylic acid groups (broad SMARTS) is 1. The molecule has 0 unspecified atom stereocenters. The summed E-state index contributed by atoms with van der Waals surface area (Å²) in [7, 11) is 1.11. The molecule has 0 aliphatic carbocycles. The third-order valence-electron chi connectivity index (χ3n) is 5.31. The monoisotopic (exact) mass is 552 g/mol. The molecule has 0 radical (unpaired) electrons. The Morgan fingerprint density at radius 2 is 1.43 bits per heavy atom. The van der Waals surface area contributed by atoms with Gasteiger partial charge >= 0.3 is 17.9 Å². The number of methoxy groups -OCH3 is 1. The normalized spacial score (nSPS) is 12.1. The Labute approximate surface area is 226 Å². The second kappa shape index (κ2) is 12.7. The number of phenolic OH excluding ortho intramolecular Hbond substituents is 5. The third-order valence-corrected chi connectivity index (χ3v) is 5.31. The topological polar surface area (TPSA) is 200 Å². The highest BCUT2D eigenvalue weighted by molar-refractivity contribution is 5.91. The van der Waals surface area contributed by atoms with Gasteiger partial charge < -0.3 is 44.8 Å². The second-order valence-electron chi connectivity index (χ2n) is 8.20. The van der Waals surface area contributed by atoms with Crippen molar-refractivity contribution in [2.45, 2.75) is 12.5 Å². The Hall–Kier alpha value is -5.65. The number of aliphatic carboxylic acids is 1. The predicted molar refractivity (Wildman–Crippen MR) is 139 cm³/mol. The van der Waals surface area contributed by atoms with Crippen molar-refractivity contribution in [2.24, 2.45) is 0 Å². The van der Waals surface area contributed by atoms with E-state index in [2.05, 4.69) is 4.74 Å². The van der Waals surface area contributed by atoms with E-state index >= 15 is 0 Å². The first-order valence-electron chi connectivity index (χ1n) is 11.4. The number of carbonyl (C=O) groups is 3. The van der Waals surface area contributed by atoms with Gasteiger partial charge in [-0.05, 0) is 65.2 Å². The van der Waals surface area contributed by atoms with Crippen molar-refractivity contribution >= 4 is 30.1 Å². The Kier molecular flexibility index (Phi) is 9.21. The molecule has 0 saturated carbocycles. The highest BCUT2D eigenvalue weighted by Gasteiger charge is 2.24. The van der Waals surface area contributed by atoms with E-state index in [1.165, 1.54) is 48.5 Å². The molecule has 3 aromatic carbocycles. The molecule has 0 bridgehead atoms. The van der Waals surface area contributed by atoms with Crippen LogP contribution >= 0.6 is 0 Å². The molecule has 12 heteroatoms. The summed E-state index contributed by atoms with van der Waals surface area (Å²) < 4.78 is 15.2. The third kappa shape index (κ3) is 7.68. The van der Waals surface area contributed by atoms with Crippen molar-refractivity contribution < 1.29 is 59.2 Å². The molecule has 0 amide bonds. The van der Waals surface area contributed by atoms with Gasteiger partial charge in [0, 0.05) is 12.5 Å². The van der Waals surface area contributed by atoms with E-state index < -0.39 is 52.8 Å². The zero-order valence-electron chi connectivity index (χ0n) is 20.8. The fourth-order valence-electron chi connectivity index (χ4n) is 3.31. The van der Waals surface area contributed by atoms with E-state index in [9.17, 15) is 45.0 Å². The van der Waals surface area contributed by atoms with Gasteiger partial charge in [0.15, 0.2) is 34.5 Å². The van der Waals surface area contributed by atoms with Crippen LogP contribution in [0.3, 0.4) is 0 Å². The minimum Gasteiger partial charge on any atom is -0.504 e. The number of phenols is 5. The molecule has 0 heterocycles. The minimum absolute atomic E-state index is 0.152. The largest absolute Gasteiger partial charge is 0.504 e. The lowest BCUT2D eigenvalue weighted by Crippen LogP contribution is -2.30. The molecule has 0 aliphatic heterocycles. The average molecular weight is 552 g/mol. The first-order valence-corrected chi connectivity index (χ1v) is 11.4. The quantitative estimate of drug-likeness (QED) is 0.0931. The van der Waals surface area contributed by atoms with Gasteiger partial charge in [-0.15, -0.1) is 0 Å². The van der Waals surface area contributed by atoms with Gasteiger partial charge in [-0.25, -0.2) is 14.4 Å². The van der Waals surface area contributed by atoms with Crippen LogP contribution in [0, 0.1) is 0 Å². The lowest BCUT2D eigenvalue weighted by atomic mass is 10.1. The summed E-state index contributed by atoms with van der Waals surface area (Å²) in [5.41, 5.74) is 0.858.